The van der Waals surface area contributed by atoms with Crippen LogP contribution in [-0.4, -0.2) is 20.8 Å². The van der Waals surface area contributed by atoms with Gasteiger partial charge in [0.25, 0.3) is 0 Å². The lowest BCUT2D eigenvalue weighted by atomic mass is 9.96. The van der Waals surface area contributed by atoms with Crippen LogP contribution < -0.4 is 15.0 Å². The summed E-state index contributed by atoms with van der Waals surface area (Å²) < 4.78 is 8.26. The van der Waals surface area contributed by atoms with Crippen molar-refractivity contribution in [3.05, 3.63) is 107 Å². The molecule has 1 aliphatic heterocycles. The molecule has 1 fully saturated rings. The molecule has 190 valence electrons. The predicted octanol–water partition coefficient (Wildman–Crippen LogP) is 7.07. The number of rotatable bonds is 6. The van der Waals surface area contributed by atoms with Crippen molar-refractivity contribution in [2.45, 2.75) is 59.7 Å². The Balaban J connectivity index is 1.64. The van der Waals surface area contributed by atoms with Gasteiger partial charge in [0, 0.05) is 29.0 Å². The maximum Gasteiger partial charge on any atom is 0.174 e. The van der Waals surface area contributed by atoms with E-state index in [4.69, 9.17) is 21.9 Å². The number of ether oxygens (including phenoxy) is 1. The van der Waals surface area contributed by atoms with Crippen LogP contribution in [0.3, 0.4) is 0 Å². The fourth-order valence-corrected chi connectivity index (χ4v) is 5.69. The number of hydrogen-bond donors (Lipinski definition) is 1. The molecule has 0 radical (unpaired) electrons. The first-order valence-corrected chi connectivity index (χ1v) is 13.2. The Morgan fingerprint density at radius 1 is 0.946 bits per heavy atom. The number of pyridine rings is 1. The van der Waals surface area contributed by atoms with Crippen LogP contribution in [0.5, 0.6) is 5.75 Å². The molecule has 1 aliphatic rings. The van der Waals surface area contributed by atoms with Crippen molar-refractivity contribution >= 4 is 23.0 Å². The highest BCUT2D eigenvalue weighted by molar-refractivity contribution is 7.80. The molecule has 0 spiro atoms. The molecular formula is C31H34N4OS. The molecule has 6 heteroatoms. The zero-order chi connectivity index (χ0) is 26.3. The van der Waals surface area contributed by atoms with Gasteiger partial charge in [-0.05, 0) is 119 Å². The molecular weight excluding hydrogens is 476 g/mol. The lowest BCUT2D eigenvalue weighted by molar-refractivity contribution is 0.242. The SMILES string of the molecule is Cc1cccc(-n2c(C)cc([C@@H]3[C@H](c4ccccn4)NC(=S)N3c3ccc(OC(C)C)cc3)c2C)c1C. The van der Waals surface area contributed by atoms with Crippen molar-refractivity contribution < 1.29 is 4.74 Å². The number of aryl methyl sites for hydroxylation is 2. The predicted molar refractivity (Wildman–Crippen MR) is 155 cm³/mol. The summed E-state index contributed by atoms with van der Waals surface area (Å²) in [6.45, 7) is 12.8. The first-order chi connectivity index (χ1) is 17.8. The van der Waals surface area contributed by atoms with Crippen molar-refractivity contribution in [3.8, 4) is 11.4 Å². The van der Waals surface area contributed by atoms with E-state index < -0.39 is 0 Å². The Morgan fingerprint density at radius 3 is 2.38 bits per heavy atom. The van der Waals surface area contributed by atoms with E-state index in [0.717, 1.165) is 17.1 Å². The number of thiocarbonyl (C=S) groups is 1. The van der Waals surface area contributed by atoms with Crippen LogP contribution in [0.1, 0.15) is 59.7 Å². The summed E-state index contributed by atoms with van der Waals surface area (Å²) in [7, 11) is 0. The van der Waals surface area contributed by atoms with Crippen LogP contribution in [0.2, 0.25) is 0 Å². The lowest BCUT2D eigenvalue weighted by Gasteiger charge is -2.28. The minimum absolute atomic E-state index is 0.0654. The fraction of sp³-hybridized carbons (Fsp3) is 0.290. The third kappa shape index (κ3) is 4.62. The number of hydrogen-bond acceptors (Lipinski definition) is 3. The minimum atomic E-state index is -0.0900. The molecule has 37 heavy (non-hydrogen) atoms. The highest BCUT2D eigenvalue weighted by Crippen LogP contribution is 2.44. The first-order valence-electron chi connectivity index (χ1n) is 12.8. The molecule has 0 aliphatic carbocycles. The summed E-state index contributed by atoms with van der Waals surface area (Å²) >= 11 is 5.94. The van der Waals surface area contributed by atoms with Crippen LogP contribution in [-0.2, 0) is 0 Å². The Kier molecular flexibility index (Phi) is 6.78. The molecule has 2 atom stereocenters. The number of nitrogens with one attached hydrogen (secondary N) is 1. The Bertz CT molecular complexity index is 1430. The van der Waals surface area contributed by atoms with Gasteiger partial charge < -0.3 is 19.5 Å². The number of anilines is 1. The van der Waals surface area contributed by atoms with Crippen LogP contribution in [0.25, 0.3) is 5.69 Å². The Morgan fingerprint density at radius 2 is 1.70 bits per heavy atom. The summed E-state index contributed by atoms with van der Waals surface area (Å²) in [4.78, 5) is 6.94. The van der Waals surface area contributed by atoms with Gasteiger partial charge in [0.1, 0.15) is 5.75 Å². The molecule has 0 unspecified atom stereocenters. The molecule has 3 heterocycles. The van der Waals surface area contributed by atoms with Crippen LogP contribution >= 0.6 is 12.2 Å². The molecule has 2 aromatic carbocycles. The average Bonchev–Trinajstić information content (AvgIpc) is 3.37. The molecule has 5 rings (SSSR count). The molecule has 2 aromatic heterocycles. The smallest absolute Gasteiger partial charge is 0.174 e. The quantitative estimate of drug-likeness (QED) is 0.281. The first kappa shape index (κ1) is 25.0. The lowest BCUT2D eigenvalue weighted by Crippen LogP contribution is -2.29. The van der Waals surface area contributed by atoms with Crippen LogP contribution in [0, 0.1) is 27.7 Å². The normalized spacial score (nSPS) is 17.4. The van der Waals surface area contributed by atoms with Crippen molar-refractivity contribution in [3.63, 3.8) is 0 Å². The zero-order valence-corrected chi connectivity index (χ0v) is 23.1. The largest absolute Gasteiger partial charge is 0.491 e. The van der Waals surface area contributed by atoms with Gasteiger partial charge in [-0.15, -0.1) is 0 Å². The van der Waals surface area contributed by atoms with E-state index in [2.05, 4.69) is 84.9 Å². The minimum Gasteiger partial charge on any atom is -0.491 e. The van der Waals surface area contributed by atoms with Crippen LogP contribution in [0.15, 0.2) is 72.9 Å². The van der Waals surface area contributed by atoms with Crippen molar-refractivity contribution in [1.82, 2.24) is 14.9 Å². The Hall–Kier alpha value is -3.64. The van der Waals surface area contributed by atoms with Gasteiger partial charge in [0.2, 0.25) is 0 Å². The van der Waals surface area contributed by atoms with Gasteiger partial charge in [0.15, 0.2) is 5.11 Å². The fourth-order valence-electron chi connectivity index (χ4n) is 5.34. The number of nitrogens with zero attached hydrogens (tertiary/aromatic N) is 3. The van der Waals surface area contributed by atoms with Crippen LogP contribution in [0.4, 0.5) is 5.69 Å². The summed E-state index contributed by atoms with van der Waals surface area (Å²) in [6, 6.07) is 22.9. The van der Waals surface area contributed by atoms with Gasteiger partial charge in [-0.1, -0.05) is 18.2 Å². The van der Waals surface area contributed by atoms with Crippen molar-refractivity contribution in [1.29, 1.82) is 0 Å². The summed E-state index contributed by atoms with van der Waals surface area (Å²) in [6.07, 6.45) is 1.97. The average molecular weight is 511 g/mol. The van der Waals surface area contributed by atoms with Gasteiger partial charge in [0.05, 0.1) is 23.9 Å². The number of aromatic nitrogens is 2. The van der Waals surface area contributed by atoms with E-state index in [0.29, 0.717) is 5.11 Å². The van der Waals surface area contributed by atoms with Gasteiger partial charge in [-0.3, -0.25) is 4.98 Å². The topological polar surface area (TPSA) is 42.3 Å². The maximum absolute atomic E-state index is 5.94. The number of benzene rings is 2. The van der Waals surface area contributed by atoms with Gasteiger partial charge in [-0.25, -0.2) is 0 Å². The molecule has 4 aromatic rings. The second kappa shape index (κ2) is 10.0. The van der Waals surface area contributed by atoms with Gasteiger partial charge >= 0.3 is 0 Å². The van der Waals surface area contributed by atoms with Crippen molar-refractivity contribution in [2.24, 2.45) is 0 Å². The zero-order valence-electron chi connectivity index (χ0n) is 22.3. The van der Waals surface area contributed by atoms with Crippen molar-refractivity contribution in [2.75, 3.05) is 4.90 Å². The van der Waals surface area contributed by atoms with E-state index in [1.165, 1.54) is 33.8 Å². The molecule has 0 bridgehead atoms. The third-order valence-corrected chi connectivity index (χ3v) is 7.51. The summed E-state index contributed by atoms with van der Waals surface area (Å²) in [5.74, 6) is 0.850. The maximum atomic E-state index is 5.94. The Labute approximate surface area is 225 Å². The molecule has 1 N–H and O–H groups in total. The summed E-state index contributed by atoms with van der Waals surface area (Å²) in [5.41, 5.74) is 9.40. The molecule has 0 amide bonds. The molecule has 5 nitrogen and oxygen atoms in total. The highest BCUT2D eigenvalue weighted by atomic mass is 32.1. The van der Waals surface area contributed by atoms with E-state index >= 15 is 0 Å². The second-order valence-corrected chi connectivity index (χ2v) is 10.4. The summed E-state index contributed by atoms with van der Waals surface area (Å²) in [5, 5.41) is 4.27. The highest BCUT2D eigenvalue weighted by Gasteiger charge is 2.42. The van der Waals surface area contributed by atoms with E-state index in [1.54, 1.807) is 0 Å². The van der Waals surface area contributed by atoms with Gasteiger partial charge in [-0.2, -0.15) is 0 Å². The molecule has 0 saturated carbocycles. The standard InChI is InChI=1S/C31H34N4OS/c1-19(2)36-25-15-13-24(14-16-25)35-30(29(33-31(35)37)27-11-7-8-17-32-27)26-18-21(4)34(23(26)6)28-12-9-10-20(3)22(28)5/h7-19,29-30H,1-6H3,(H,33,37)/t29-,30+/m0/s1. The second-order valence-electron chi connectivity index (χ2n) is 10.0. The van der Waals surface area contributed by atoms with E-state index in [9.17, 15) is 0 Å². The monoisotopic (exact) mass is 510 g/mol. The van der Waals surface area contributed by atoms with E-state index in [1.807, 2.05) is 44.3 Å². The third-order valence-electron chi connectivity index (χ3n) is 7.19. The molecule has 1 saturated heterocycles. The van der Waals surface area contributed by atoms with E-state index in [-0.39, 0.29) is 18.2 Å².